The highest BCUT2D eigenvalue weighted by atomic mass is 16.2. The van der Waals surface area contributed by atoms with Gasteiger partial charge in [-0.05, 0) is 35.9 Å². The maximum absolute atomic E-state index is 13.0. The van der Waals surface area contributed by atoms with E-state index in [-0.39, 0.29) is 11.7 Å². The Morgan fingerprint density at radius 2 is 1.86 bits per heavy atom. The second-order valence-corrected chi connectivity index (χ2v) is 6.83. The Morgan fingerprint density at radius 3 is 2.66 bits per heavy atom. The Balaban J connectivity index is 1.72. The number of anilines is 1. The summed E-state index contributed by atoms with van der Waals surface area (Å²) in [5.74, 6) is -0.402. The van der Waals surface area contributed by atoms with Gasteiger partial charge in [0.25, 0.3) is 0 Å². The van der Waals surface area contributed by atoms with Crippen LogP contribution < -0.4 is 4.90 Å². The first-order valence-electron chi connectivity index (χ1n) is 9.18. The molecule has 6 nitrogen and oxygen atoms in total. The minimum atomic E-state index is -0.217. The van der Waals surface area contributed by atoms with Crippen molar-refractivity contribution in [3.05, 3.63) is 83.9 Å². The molecule has 0 unspecified atom stereocenters. The highest BCUT2D eigenvalue weighted by molar-refractivity contribution is 6.26. The van der Waals surface area contributed by atoms with Crippen LogP contribution >= 0.6 is 0 Å². The van der Waals surface area contributed by atoms with Crippen LogP contribution in [0, 0.1) is 0 Å². The summed E-state index contributed by atoms with van der Waals surface area (Å²) in [7, 11) is 0. The van der Waals surface area contributed by atoms with E-state index in [4.69, 9.17) is 4.98 Å². The van der Waals surface area contributed by atoms with Crippen molar-refractivity contribution in [2.45, 2.75) is 6.92 Å². The monoisotopic (exact) mass is 380 g/mol. The molecule has 0 atom stereocenters. The van der Waals surface area contributed by atoms with Gasteiger partial charge in [0.1, 0.15) is 0 Å². The van der Waals surface area contributed by atoms with Crippen LogP contribution in [0.1, 0.15) is 23.0 Å². The van der Waals surface area contributed by atoms with Crippen molar-refractivity contribution in [1.82, 2.24) is 15.2 Å². The SMILES string of the molecule is CC(=O)N1/C(=C/c2cc(-c3cn[nH]c3)c3ccccc3n2)C(=O)c2ccccc21. The van der Waals surface area contributed by atoms with Gasteiger partial charge in [-0.15, -0.1) is 0 Å². The Labute approximate surface area is 166 Å². The van der Waals surface area contributed by atoms with E-state index in [0.717, 1.165) is 22.0 Å². The number of nitrogens with zero attached hydrogens (tertiary/aromatic N) is 3. The number of ketones is 1. The predicted octanol–water partition coefficient (Wildman–Crippen LogP) is 4.22. The summed E-state index contributed by atoms with van der Waals surface area (Å²) in [4.78, 5) is 31.5. The molecule has 6 heteroatoms. The van der Waals surface area contributed by atoms with Crippen molar-refractivity contribution < 1.29 is 9.59 Å². The maximum Gasteiger partial charge on any atom is 0.228 e. The largest absolute Gasteiger partial charge is 0.287 e. The molecule has 4 aromatic rings. The van der Waals surface area contributed by atoms with Gasteiger partial charge in [-0.3, -0.25) is 19.6 Å². The first-order chi connectivity index (χ1) is 14.1. The number of aromatic nitrogens is 3. The fraction of sp³-hybridized carbons (Fsp3) is 0.0435. The third-order valence-corrected chi connectivity index (χ3v) is 5.01. The van der Waals surface area contributed by atoms with Gasteiger partial charge in [-0.1, -0.05) is 30.3 Å². The van der Waals surface area contributed by atoms with Gasteiger partial charge >= 0.3 is 0 Å². The summed E-state index contributed by atoms with van der Waals surface area (Å²) < 4.78 is 0. The van der Waals surface area contributed by atoms with Crippen molar-refractivity contribution in [3.8, 4) is 11.1 Å². The molecule has 0 saturated carbocycles. The zero-order valence-corrected chi connectivity index (χ0v) is 15.6. The molecule has 5 rings (SSSR count). The summed E-state index contributed by atoms with van der Waals surface area (Å²) in [6.45, 7) is 1.45. The van der Waals surface area contributed by atoms with E-state index in [1.54, 1.807) is 30.5 Å². The third kappa shape index (κ3) is 2.73. The van der Waals surface area contributed by atoms with Gasteiger partial charge in [-0.2, -0.15) is 5.10 Å². The summed E-state index contributed by atoms with van der Waals surface area (Å²) in [5.41, 5.74) is 4.70. The molecular formula is C23H16N4O2. The molecule has 0 aliphatic carbocycles. The van der Waals surface area contributed by atoms with Crippen LogP contribution in [0.25, 0.3) is 28.1 Å². The minimum Gasteiger partial charge on any atom is -0.287 e. The predicted molar refractivity (Wildman–Crippen MR) is 111 cm³/mol. The molecule has 140 valence electrons. The molecule has 1 N–H and O–H groups in total. The topological polar surface area (TPSA) is 79.0 Å². The molecule has 1 amide bonds. The van der Waals surface area contributed by atoms with E-state index in [0.29, 0.717) is 22.6 Å². The van der Waals surface area contributed by atoms with Gasteiger partial charge in [0.05, 0.1) is 28.8 Å². The average molecular weight is 380 g/mol. The molecule has 1 aliphatic heterocycles. The fourth-order valence-corrected chi connectivity index (χ4v) is 3.75. The number of para-hydroxylation sites is 2. The number of benzene rings is 2. The van der Waals surface area contributed by atoms with Crippen LogP contribution in [0.4, 0.5) is 5.69 Å². The number of nitrogens with one attached hydrogen (secondary N) is 1. The molecule has 2 aromatic heterocycles. The van der Waals surface area contributed by atoms with E-state index in [1.807, 2.05) is 42.6 Å². The van der Waals surface area contributed by atoms with Gasteiger partial charge in [0, 0.05) is 29.6 Å². The number of carbonyl (C=O) groups excluding carboxylic acids is 2. The van der Waals surface area contributed by atoms with Crippen molar-refractivity contribution in [1.29, 1.82) is 0 Å². The van der Waals surface area contributed by atoms with Crippen LogP contribution in [0.15, 0.2) is 72.7 Å². The lowest BCUT2D eigenvalue weighted by Gasteiger charge is -2.16. The number of Topliss-reactive ketones (excluding diaryl/α,β-unsaturated/α-hetero) is 1. The Hall–Kier alpha value is -4.06. The van der Waals surface area contributed by atoms with Crippen LogP contribution in [0.2, 0.25) is 0 Å². The zero-order valence-electron chi connectivity index (χ0n) is 15.6. The van der Waals surface area contributed by atoms with Crippen LogP contribution in [-0.2, 0) is 4.79 Å². The van der Waals surface area contributed by atoms with Crippen LogP contribution in [-0.4, -0.2) is 26.9 Å². The number of H-pyrrole nitrogens is 1. The quantitative estimate of drug-likeness (QED) is 0.528. The van der Waals surface area contributed by atoms with E-state index in [2.05, 4.69) is 10.2 Å². The first-order valence-corrected chi connectivity index (χ1v) is 9.18. The van der Waals surface area contributed by atoms with E-state index in [9.17, 15) is 9.59 Å². The second-order valence-electron chi connectivity index (χ2n) is 6.83. The molecule has 0 saturated heterocycles. The summed E-state index contributed by atoms with van der Waals surface area (Å²) in [6.07, 6.45) is 5.24. The molecule has 29 heavy (non-hydrogen) atoms. The average Bonchev–Trinajstić information content (AvgIpc) is 3.35. The summed E-state index contributed by atoms with van der Waals surface area (Å²) in [6, 6.07) is 16.8. The van der Waals surface area contributed by atoms with Gasteiger partial charge in [0.15, 0.2) is 0 Å². The number of amides is 1. The van der Waals surface area contributed by atoms with Gasteiger partial charge < -0.3 is 0 Å². The molecule has 0 spiro atoms. The van der Waals surface area contributed by atoms with Gasteiger partial charge in [-0.25, -0.2) is 4.98 Å². The number of pyridine rings is 1. The third-order valence-electron chi connectivity index (χ3n) is 5.01. The smallest absolute Gasteiger partial charge is 0.228 e. The number of carbonyl (C=O) groups is 2. The number of rotatable bonds is 2. The van der Waals surface area contributed by atoms with Crippen molar-refractivity contribution in [2.24, 2.45) is 0 Å². The molecule has 0 radical (unpaired) electrons. The highest BCUT2D eigenvalue weighted by Crippen LogP contribution is 2.36. The van der Waals surface area contributed by atoms with E-state index in [1.165, 1.54) is 11.8 Å². The molecule has 1 aliphatic rings. The van der Waals surface area contributed by atoms with Crippen molar-refractivity contribution >= 4 is 34.4 Å². The summed E-state index contributed by atoms with van der Waals surface area (Å²) >= 11 is 0. The molecule has 3 heterocycles. The number of allylic oxidation sites excluding steroid dienone is 1. The lowest BCUT2D eigenvalue weighted by atomic mass is 10.0. The lowest BCUT2D eigenvalue weighted by Crippen LogP contribution is -2.25. The van der Waals surface area contributed by atoms with E-state index >= 15 is 0 Å². The van der Waals surface area contributed by atoms with Crippen molar-refractivity contribution in [2.75, 3.05) is 4.90 Å². The Bertz CT molecular complexity index is 1310. The summed E-state index contributed by atoms with van der Waals surface area (Å²) in [5, 5.41) is 7.87. The van der Waals surface area contributed by atoms with Gasteiger partial charge in [0.2, 0.25) is 11.7 Å². The number of fused-ring (bicyclic) bond motifs is 2. The van der Waals surface area contributed by atoms with Crippen LogP contribution in [0.5, 0.6) is 0 Å². The number of hydrogen-bond donors (Lipinski definition) is 1. The highest BCUT2D eigenvalue weighted by Gasteiger charge is 2.34. The normalized spacial score (nSPS) is 14.6. The number of aromatic amines is 1. The lowest BCUT2D eigenvalue weighted by molar-refractivity contribution is -0.116. The molecular weight excluding hydrogens is 364 g/mol. The van der Waals surface area contributed by atoms with E-state index < -0.39 is 0 Å². The molecule has 0 bridgehead atoms. The Morgan fingerprint density at radius 1 is 1.07 bits per heavy atom. The first kappa shape index (κ1) is 17.1. The Kier molecular flexibility index (Phi) is 3.84. The standard InChI is InChI=1S/C23H16N4O2/c1-14(28)27-21-9-5-3-7-18(21)23(29)22(27)11-16-10-19(15-12-24-25-13-15)17-6-2-4-8-20(17)26-16/h2-13H,1H3,(H,24,25)/b22-11+. The maximum atomic E-state index is 13.0. The minimum absolute atomic E-state index is 0.185. The second kappa shape index (κ2) is 6.53. The molecule has 2 aromatic carbocycles. The van der Waals surface area contributed by atoms with Crippen LogP contribution in [0.3, 0.4) is 0 Å². The van der Waals surface area contributed by atoms with Crippen molar-refractivity contribution in [3.63, 3.8) is 0 Å². The number of hydrogen-bond acceptors (Lipinski definition) is 4. The molecule has 0 fully saturated rings. The zero-order chi connectivity index (χ0) is 20.0. The fourth-order valence-electron chi connectivity index (χ4n) is 3.75.